The first-order valence-corrected chi connectivity index (χ1v) is 6.50. The zero-order chi connectivity index (χ0) is 12.0. The van der Waals surface area contributed by atoms with E-state index in [2.05, 4.69) is 16.4 Å². The first-order valence-electron chi connectivity index (χ1n) is 6.50. The van der Waals surface area contributed by atoms with Crippen LogP contribution in [0.2, 0.25) is 0 Å². The lowest BCUT2D eigenvalue weighted by Gasteiger charge is -2.38. The van der Waals surface area contributed by atoms with Gasteiger partial charge in [-0.05, 0) is 45.6 Å². The minimum atomic E-state index is -0.665. The van der Waals surface area contributed by atoms with Gasteiger partial charge in [0.1, 0.15) is 0 Å². The fraction of sp³-hybridized carbons (Fsp3) is 0.643. The monoisotopic (exact) mass is 232 g/mol. The Morgan fingerprint density at radius 1 is 1.24 bits per heavy atom. The number of hydrogen-bond donors (Lipinski definition) is 2. The Bertz CT molecular complexity index is 432. The number of pyridine rings is 1. The van der Waals surface area contributed by atoms with Crippen LogP contribution in [0.25, 0.3) is 0 Å². The zero-order valence-corrected chi connectivity index (χ0v) is 10.5. The molecule has 17 heavy (non-hydrogen) atoms. The molecule has 1 aromatic rings. The maximum absolute atomic E-state index is 10.9. The van der Waals surface area contributed by atoms with Gasteiger partial charge >= 0.3 is 0 Å². The molecule has 0 amide bonds. The van der Waals surface area contributed by atoms with E-state index in [1.165, 1.54) is 12.8 Å². The van der Waals surface area contributed by atoms with Crippen molar-refractivity contribution in [3.05, 3.63) is 29.1 Å². The van der Waals surface area contributed by atoms with Gasteiger partial charge in [-0.3, -0.25) is 4.98 Å². The molecule has 3 heteroatoms. The molecule has 2 saturated heterocycles. The largest absolute Gasteiger partial charge is 0.385 e. The lowest BCUT2D eigenvalue weighted by Crippen LogP contribution is -2.47. The summed E-state index contributed by atoms with van der Waals surface area (Å²) in [5, 5.41) is 14.5. The number of aromatic nitrogens is 1. The van der Waals surface area contributed by atoms with Gasteiger partial charge < -0.3 is 10.4 Å². The van der Waals surface area contributed by atoms with Crippen LogP contribution < -0.4 is 5.32 Å². The number of aryl methyl sites for hydroxylation is 2. The Morgan fingerprint density at radius 3 is 2.47 bits per heavy atom. The molecule has 0 aromatic carbocycles. The Balaban J connectivity index is 1.97. The normalized spacial score (nSPS) is 36.2. The highest BCUT2D eigenvalue weighted by molar-refractivity contribution is 5.29. The van der Waals surface area contributed by atoms with Crippen molar-refractivity contribution in [2.24, 2.45) is 0 Å². The van der Waals surface area contributed by atoms with E-state index in [9.17, 15) is 5.11 Å². The van der Waals surface area contributed by atoms with Crippen LogP contribution in [0, 0.1) is 13.8 Å². The van der Waals surface area contributed by atoms with Crippen molar-refractivity contribution < 1.29 is 5.11 Å². The first kappa shape index (κ1) is 11.2. The number of piperidine rings is 1. The molecule has 3 heterocycles. The SMILES string of the molecule is Cc1ccc(C2(O)CC3CCC(C2)N3)c(C)n1. The quantitative estimate of drug-likeness (QED) is 0.776. The predicted octanol–water partition coefficient (Wildman–Crippen LogP) is 1.80. The average Bonchev–Trinajstić information content (AvgIpc) is 2.58. The van der Waals surface area contributed by atoms with Crippen LogP contribution >= 0.6 is 0 Å². The summed E-state index contributed by atoms with van der Waals surface area (Å²) in [5.41, 5.74) is 2.36. The highest BCUT2D eigenvalue weighted by atomic mass is 16.3. The van der Waals surface area contributed by atoms with E-state index >= 15 is 0 Å². The third kappa shape index (κ3) is 1.87. The number of nitrogens with one attached hydrogen (secondary N) is 1. The van der Waals surface area contributed by atoms with Crippen LogP contribution in [0.15, 0.2) is 12.1 Å². The van der Waals surface area contributed by atoms with Gasteiger partial charge in [-0.2, -0.15) is 0 Å². The van der Waals surface area contributed by atoms with Crippen molar-refractivity contribution in [1.29, 1.82) is 0 Å². The summed E-state index contributed by atoms with van der Waals surface area (Å²) in [6.07, 6.45) is 4.06. The van der Waals surface area contributed by atoms with Crippen LogP contribution in [0.1, 0.15) is 42.6 Å². The molecule has 2 fully saturated rings. The minimum absolute atomic E-state index is 0.486. The van der Waals surface area contributed by atoms with Gasteiger partial charge in [0.05, 0.1) is 5.60 Å². The van der Waals surface area contributed by atoms with Crippen molar-refractivity contribution in [2.45, 2.75) is 57.2 Å². The second-order valence-electron chi connectivity index (χ2n) is 5.66. The third-order valence-electron chi connectivity index (χ3n) is 4.23. The molecule has 2 unspecified atom stereocenters. The van der Waals surface area contributed by atoms with Crippen LogP contribution in [-0.4, -0.2) is 22.2 Å². The number of fused-ring (bicyclic) bond motifs is 2. The fourth-order valence-corrected chi connectivity index (χ4v) is 3.52. The summed E-state index contributed by atoms with van der Waals surface area (Å²) < 4.78 is 0. The molecule has 0 aliphatic carbocycles. The summed E-state index contributed by atoms with van der Waals surface area (Å²) in [5.74, 6) is 0. The molecule has 0 spiro atoms. The van der Waals surface area contributed by atoms with Crippen molar-refractivity contribution in [2.75, 3.05) is 0 Å². The van der Waals surface area contributed by atoms with E-state index < -0.39 is 5.60 Å². The van der Waals surface area contributed by atoms with Gasteiger partial charge in [-0.25, -0.2) is 0 Å². The van der Waals surface area contributed by atoms with Gasteiger partial charge in [0.2, 0.25) is 0 Å². The molecule has 2 atom stereocenters. The molecule has 3 rings (SSSR count). The van der Waals surface area contributed by atoms with Gasteiger partial charge in [0, 0.05) is 29.0 Å². The molecule has 2 aliphatic rings. The van der Waals surface area contributed by atoms with E-state index in [4.69, 9.17) is 0 Å². The average molecular weight is 232 g/mol. The highest BCUT2D eigenvalue weighted by Crippen LogP contribution is 2.41. The number of nitrogens with zero attached hydrogens (tertiary/aromatic N) is 1. The van der Waals surface area contributed by atoms with Crippen molar-refractivity contribution >= 4 is 0 Å². The Morgan fingerprint density at radius 2 is 1.88 bits per heavy atom. The minimum Gasteiger partial charge on any atom is -0.385 e. The van der Waals surface area contributed by atoms with Gasteiger partial charge in [0.15, 0.2) is 0 Å². The van der Waals surface area contributed by atoms with Crippen LogP contribution in [-0.2, 0) is 5.60 Å². The molecular formula is C14H20N2O. The Hall–Kier alpha value is -0.930. The zero-order valence-electron chi connectivity index (χ0n) is 10.5. The lowest BCUT2D eigenvalue weighted by atomic mass is 9.81. The summed E-state index contributed by atoms with van der Waals surface area (Å²) in [7, 11) is 0. The van der Waals surface area contributed by atoms with Crippen LogP contribution in [0.5, 0.6) is 0 Å². The molecule has 2 bridgehead atoms. The topological polar surface area (TPSA) is 45.1 Å². The number of rotatable bonds is 1. The van der Waals surface area contributed by atoms with Gasteiger partial charge in [-0.15, -0.1) is 0 Å². The molecule has 1 aromatic heterocycles. The van der Waals surface area contributed by atoms with E-state index in [0.29, 0.717) is 12.1 Å². The lowest BCUT2D eigenvalue weighted by molar-refractivity contribution is -0.0123. The number of hydrogen-bond acceptors (Lipinski definition) is 3. The molecular weight excluding hydrogens is 212 g/mol. The molecule has 0 saturated carbocycles. The van der Waals surface area contributed by atoms with E-state index in [1.54, 1.807) is 0 Å². The summed E-state index contributed by atoms with van der Waals surface area (Å²) in [6.45, 7) is 4.00. The highest BCUT2D eigenvalue weighted by Gasteiger charge is 2.44. The summed E-state index contributed by atoms with van der Waals surface area (Å²) in [4.78, 5) is 4.48. The molecule has 0 radical (unpaired) electrons. The summed E-state index contributed by atoms with van der Waals surface area (Å²) >= 11 is 0. The van der Waals surface area contributed by atoms with Crippen LogP contribution in [0.4, 0.5) is 0 Å². The third-order valence-corrected chi connectivity index (χ3v) is 4.23. The molecule has 2 N–H and O–H groups in total. The fourth-order valence-electron chi connectivity index (χ4n) is 3.52. The maximum Gasteiger partial charge on any atom is 0.0943 e. The Labute approximate surface area is 102 Å². The summed E-state index contributed by atoms with van der Waals surface area (Å²) in [6, 6.07) is 5.03. The van der Waals surface area contributed by atoms with E-state index in [0.717, 1.165) is 29.8 Å². The van der Waals surface area contributed by atoms with Crippen molar-refractivity contribution in [1.82, 2.24) is 10.3 Å². The second kappa shape index (κ2) is 3.79. The first-order chi connectivity index (χ1) is 8.07. The predicted molar refractivity (Wildman–Crippen MR) is 66.8 cm³/mol. The van der Waals surface area contributed by atoms with Crippen molar-refractivity contribution in [3.8, 4) is 0 Å². The van der Waals surface area contributed by atoms with Gasteiger partial charge in [0.25, 0.3) is 0 Å². The maximum atomic E-state index is 10.9. The van der Waals surface area contributed by atoms with Crippen LogP contribution in [0.3, 0.4) is 0 Å². The van der Waals surface area contributed by atoms with E-state index in [1.807, 2.05) is 19.9 Å². The second-order valence-corrected chi connectivity index (χ2v) is 5.66. The molecule has 3 nitrogen and oxygen atoms in total. The number of aliphatic hydroxyl groups is 1. The van der Waals surface area contributed by atoms with Crippen molar-refractivity contribution in [3.63, 3.8) is 0 Å². The molecule has 2 aliphatic heterocycles. The Kier molecular flexibility index (Phi) is 2.49. The van der Waals surface area contributed by atoms with Gasteiger partial charge in [-0.1, -0.05) is 6.07 Å². The smallest absolute Gasteiger partial charge is 0.0943 e. The standard InChI is InChI=1S/C14H20N2O/c1-9-3-6-13(10(2)15-9)14(17)7-11-4-5-12(8-14)16-11/h3,6,11-12,16-17H,4-5,7-8H2,1-2H3. The molecule has 92 valence electrons. The van der Waals surface area contributed by atoms with E-state index in [-0.39, 0.29) is 0 Å².